The van der Waals surface area contributed by atoms with Crippen molar-refractivity contribution in [3.63, 3.8) is 0 Å². The summed E-state index contributed by atoms with van der Waals surface area (Å²) >= 11 is 6.49. The molecular weight excluding hydrogens is 420 g/mol. The lowest BCUT2D eigenvalue weighted by atomic mass is 10.1. The zero-order valence-electron chi connectivity index (χ0n) is 17.1. The molecule has 0 unspecified atom stereocenters. The first-order chi connectivity index (χ1) is 14.3. The summed E-state index contributed by atoms with van der Waals surface area (Å²) in [4.78, 5) is 27.0. The fraction of sp³-hybridized carbons (Fsp3) is 0.227. The number of aryl methyl sites for hydroxylation is 2. The molecule has 6 nitrogen and oxygen atoms in total. The molecule has 0 bridgehead atoms. The summed E-state index contributed by atoms with van der Waals surface area (Å²) in [5.74, 6) is 0.566. The van der Waals surface area contributed by atoms with E-state index in [4.69, 9.17) is 21.7 Å². The molecule has 0 radical (unpaired) electrons. The molecule has 0 saturated carbocycles. The van der Waals surface area contributed by atoms with Gasteiger partial charge < -0.3 is 14.8 Å². The van der Waals surface area contributed by atoms with Gasteiger partial charge in [0.05, 0.1) is 19.1 Å². The van der Waals surface area contributed by atoms with E-state index in [0.717, 1.165) is 16.7 Å². The molecule has 1 heterocycles. The molecule has 1 saturated heterocycles. The molecule has 1 aliphatic heterocycles. The smallest absolute Gasteiger partial charge is 0.266 e. The number of amides is 2. The van der Waals surface area contributed by atoms with Crippen LogP contribution in [0.25, 0.3) is 6.08 Å². The van der Waals surface area contributed by atoms with Crippen LogP contribution >= 0.6 is 24.0 Å². The molecule has 156 valence electrons. The molecule has 1 fully saturated rings. The number of benzene rings is 2. The number of carbonyl (C=O) groups is 2. The van der Waals surface area contributed by atoms with Crippen molar-refractivity contribution < 1.29 is 19.1 Å². The standard InChI is InChI=1S/C22H22N2O4S2/c1-13-5-7-16(9-14(13)2)23-20(25)12-24-21(26)19(30-22(24)29)11-15-6-8-17(27-3)18(10-15)28-4/h5-11H,12H2,1-4H3,(H,23,25)/b19-11-. The Balaban J connectivity index is 1.72. The van der Waals surface area contributed by atoms with Gasteiger partial charge in [0.1, 0.15) is 10.9 Å². The summed E-state index contributed by atoms with van der Waals surface area (Å²) in [6.07, 6.45) is 1.72. The Labute approximate surface area is 185 Å². The third kappa shape index (κ3) is 4.83. The number of hydrogen-bond acceptors (Lipinski definition) is 6. The number of anilines is 1. The SMILES string of the molecule is COc1ccc(/C=C2\SC(=S)N(CC(=O)Nc3ccc(C)c(C)c3)C2=O)cc1OC. The average Bonchev–Trinajstić information content (AvgIpc) is 2.98. The van der Waals surface area contributed by atoms with Crippen LogP contribution in [-0.2, 0) is 9.59 Å². The normalized spacial score (nSPS) is 14.9. The van der Waals surface area contributed by atoms with Gasteiger partial charge in [0.2, 0.25) is 5.91 Å². The predicted octanol–water partition coefficient (Wildman–Crippen LogP) is 4.16. The molecule has 3 rings (SSSR count). The number of nitrogens with one attached hydrogen (secondary N) is 1. The highest BCUT2D eigenvalue weighted by Gasteiger charge is 2.33. The second-order valence-corrected chi connectivity index (χ2v) is 8.41. The van der Waals surface area contributed by atoms with Crippen molar-refractivity contribution in [2.75, 3.05) is 26.1 Å². The largest absolute Gasteiger partial charge is 0.493 e. The van der Waals surface area contributed by atoms with Gasteiger partial charge in [-0.05, 0) is 60.9 Å². The van der Waals surface area contributed by atoms with E-state index in [1.807, 2.05) is 38.1 Å². The van der Waals surface area contributed by atoms with Crippen LogP contribution < -0.4 is 14.8 Å². The van der Waals surface area contributed by atoms with E-state index in [0.29, 0.717) is 26.4 Å². The van der Waals surface area contributed by atoms with Crippen LogP contribution in [0.5, 0.6) is 11.5 Å². The van der Waals surface area contributed by atoms with Crippen molar-refractivity contribution in [2.24, 2.45) is 0 Å². The average molecular weight is 443 g/mol. The maximum absolute atomic E-state index is 12.8. The third-order valence-corrected chi connectivity index (χ3v) is 6.05. The fourth-order valence-electron chi connectivity index (χ4n) is 2.89. The molecule has 1 N–H and O–H groups in total. The van der Waals surface area contributed by atoms with Crippen LogP contribution in [0.4, 0.5) is 5.69 Å². The number of methoxy groups -OCH3 is 2. The van der Waals surface area contributed by atoms with Crippen molar-refractivity contribution in [1.82, 2.24) is 4.90 Å². The molecule has 2 aromatic rings. The van der Waals surface area contributed by atoms with Crippen molar-refractivity contribution in [3.8, 4) is 11.5 Å². The summed E-state index contributed by atoms with van der Waals surface area (Å²) in [7, 11) is 3.11. The van der Waals surface area contributed by atoms with E-state index in [9.17, 15) is 9.59 Å². The summed E-state index contributed by atoms with van der Waals surface area (Å²) in [6.45, 7) is 3.85. The molecule has 0 atom stereocenters. The Morgan fingerprint density at radius 1 is 1.10 bits per heavy atom. The highest BCUT2D eigenvalue weighted by atomic mass is 32.2. The van der Waals surface area contributed by atoms with Gasteiger partial charge in [0.25, 0.3) is 5.91 Å². The first-order valence-corrected chi connectivity index (χ1v) is 10.4. The minimum Gasteiger partial charge on any atom is -0.493 e. The Hall–Kier alpha value is -2.84. The van der Waals surface area contributed by atoms with Crippen LogP contribution in [0, 0.1) is 13.8 Å². The van der Waals surface area contributed by atoms with Gasteiger partial charge in [-0.2, -0.15) is 0 Å². The van der Waals surface area contributed by atoms with Crippen LogP contribution in [0.3, 0.4) is 0 Å². The first-order valence-electron chi connectivity index (χ1n) is 9.17. The van der Waals surface area contributed by atoms with Crippen molar-refractivity contribution in [3.05, 3.63) is 58.0 Å². The Bertz CT molecular complexity index is 1050. The fourth-order valence-corrected chi connectivity index (χ4v) is 4.15. The number of carbonyl (C=O) groups excluding carboxylic acids is 2. The van der Waals surface area contributed by atoms with Crippen LogP contribution in [-0.4, -0.2) is 41.8 Å². The summed E-state index contributed by atoms with van der Waals surface area (Å²) in [5, 5.41) is 2.82. The van der Waals surface area contributed by atoms with E-state index in [-0.39, 0.29) is 18.4 Å². The van der Waals surface area contributed by atoms with E-state index in [1.54, 1.807) is 32.4 Å². The number of thiocarbonyl (C=S) groups is 1. The zero-order chi connectivity index (χ0) is 21.8. The zero-order valence-corrected chi connectivity index (χ0v) is 18.8. The molecule has 0 spiro atoms. The van der Waals surface area contributed by atoms with Gasteiger partial charge in [-0.25, -0.2) is 0 Å². The minimum atomic E-state index is -0.304. The molecule has 8 heteroatoms. The van der Waals surface area contributed by atoms with Gasteiger partial charge in [-0.3, -0.25) is 14.5 Å². The second-order valence-electron chi connectivity index (χ2n) is 6.73. The highest BCUT2D eigenvalue weighted by molar-refractivity contribution is 8.26. The second kappa shape index (κ2) is 9.32. The summed E-state index contributed by atoms with van der Waals surface area (Å²) < 4.78 is 10.9. The molecule has 30 heavy (non-hydrogen) atoms. The van der Waals surface area contributed by atoms with Crippen LogP contribution in [0.15, 0.2) is 41.3 Å². The molecular formula is C22H22N2O4S2. The number of rotatable bonds is 6. The number of thioether (sulfide) groups is 1. The molecule has 1 aliphatic rings. The van der Waals surface area contributed by atoms with E-state index < -0.39 is 0 Å². The van der Waals surface area contributed by atoms with Gasteiger partial charge >= 0.3 is 0 Å². The maximum Gasteiger partial charge on any atom is 0.266 e. The number of nitrogens with zero attached hydrogens (tertiary/aromatic N) is 1. The van der Waals surface area contributed by atoms with Gasteiger partial charge in [-0.1, -0.05) is 36.1 Å². The van der Waals surface area contributed by atoms with Crippen LogP contribution in [0.1, 0.15) is 16.7 Å². The number of ether oxygens (including phenoxy) is 2. The molecule has 2 aromatic carbocycles. The first kappa shape index (κ1) is 21.9. The summed E-state index contributed by atoms with van der Waals surface area (Å²) in [6, 6.07) is 11.0. The Kier molecular flexibility index (Phi) is 6.79. The maximum atomic E-state index is 12.8. The van der Waals surface area contributed by atoms with Crippen molar-refractivity contribution in [1.29, 1.82) is 0 Å². The van der Waals surface area contributed by atoms with E-state index >= 15 is 0 Å². The predicted molar refractivity (Wildman–Crippen MR) is 124 cm³/mol. The molecule has 0 aliphatic carbocycles. The summed E-state index contributed by atoms with van der Waals surface area (Å²) in [5.41, 5.74) is 3.68. The number of hydrogen-bond donors (Lipinski definition) is 1. The monoisotopic (exact) mass is 442 g/mol. The Morgan fingerprint density at radius 3 is 2.50 bits per heavy atom. The highest BCUT2D eigenvalue weighted by Crippen LogP contribution is 2.34. The van der Waals surface area contributed by atoms with Crippen LogP contribution in [0.2, 0.25) is 0 Å². The minimum absolute atomic E-state index is 0.138. The lowest BCUT2D eigenvalue weighted by molar-refractivity contribution is -0.126. The lowest BCUT2D eigenvalue weighted by Crippen LogP contribution is -2.36. The third-order valence-electron chi connectivity index (χ3n) is 4.67. The molecule has 0 aromatic heterocycles. The quantitative estimate of drug-likeness (QED) is 0.535. The Morgan fingerprint density at radius 2 is 1.83 bits per heavy atom. The van der Waals surface area contributed by atoms with Gasteiger partial charge in [0.15, 0.2) is 11.5 Å². The van der Waals surface area contributed by atoms with Gasteiger partial charge in [0, 0.05) is 5.69 Å². The van der Waals surface area contributed by atoms with Crippen molar-refractivity contribution in [2.45, 2.75) is 13.8 Å². The van der Waals surface area contributed by atoms with Gasteiger partial charge in [-0.15, -0.1) is 0 Å². The topological polar surface area (TPSA) is 67.9 Å². The van der Waals surface area contributed by atoms with Crippen molar-refractivity contribution >= 4 is 51.9 Å². The lowest BCUT2D eigenvalue weighted by Gasteiger charge is -2.14. The molecule has 2 amide bonds. The van der Waals surface area contributed by atoms with E-state index in [2.05, 4.69) is 5.32 Å². The van der Waals surface area contributed by atoms with E-state index in [1.165, 1.54) is 16.7 Å².